The number of carbonyl (C=O) groups is 1. The average molecular weight is 541 g/mol. The molecule has 3 heterocycles. The van der Waals surface area contributed by atoms with E-state index in [2.05, 4.69) is 28.5 Å². The minimum atomic E-state index is -0.225. The molecule has 1 amide bonds. The number of fused-ring (bicyclic) bond motifs is 1. The fourth-order valence-corrected chi connectivity index (χ4v) is 6.57. The Labute approximate surface area is 229 Å². The molecule has 5 aromatic rings. The van der Waals surface area contributed by atoms with Crippen LogP contribution in [0.2, 0.25) is 0 Å². The van der Waals surface area contributed by atoms with Gasteiger partial charge in [0.05, 0.1) is 10.3 Å². The smallest absolute Gasteiger partial charge is 0.266 e. The maximum Gasteiger partial charge on any atom is 0.266 e. The van der Waals surface area contributed by atoms with E-state index in [1.165, 1.54) is 23.1 Å². The van der Waals surface area contributed by atoms with E-state index in [-0.39, 0.29) is 11.5 Å². The predicted molar refractivity (Wildman–Crippen MR) is 156 cm³/mol. The Hall–Kier alpha value is -3.75. The van der Waals surface area contributed by atoms with E-state index >= 15 is 0 Å². The number of aryl methyl sites for hydroxylation is 4. The highest BCUT2D eigenvalue weighted by Crippen LogP contribution is 2.31. The minimum absolute atomic E-state index is 0.109. The zero-order valence-electron chi connectivity index (χ0n) is 21.5. The second-order valence-electron chi connectivity index (χ2n) is 9.30. The highest BCUT2D eigenvalue weighted by Gasteiger charge is 2.22. The monoisotopic (exact) mass is 540 g/mol. The maximum absolute atomic E-state index is 13.9. The molecule has 0 aliphatic carbocycles. The number of pyridine rings is 1. The Bertz CT molecular complexity index is 1640. The standard InChI is InChI=1S/C30H28N4O2S2/c1-19-15-20(2)17-24(16-19)32-27(35)26-21(3)25-28(38-26)33-30(37-18-23-9-12-31-13-10-23)34(29(25)36)14-11-22-7-5-4-6-8-22/h4-10,12-13,15-17H,11,14,18H2,1-3H3,(H,32,35). The van der Waals surface area contributed by atoms with E-state index in [1.807, 2.05) is 63.2 Å². The van der Waals surface area contributed by atoms with Crippen molar-refractivity contribution in [3.05, 3.63) is 116 Å². The largest absolute Gasteiger partial charge is 0.321 e. The highest BCUT2D eigenvalue weighted by molar-refractivity contribution is 7.98. The van der Waals surface area contributed by atoms with Crippen LogP contribution >= 0.6 is 23.1 Å². The summed E-state index contributed by atoms with van der Waals surface area (Å²) in [5, 5.41) is 4.17. The molecular formula is C30H28N4O2S2. The van der Waals surface area contributed by atoms with Crippen molar-refractivity contribution >= 4 is 44.9 Å². The molecule has 2 aromatic carbocycles. The molecule has 3 aromatic heterocycles. The zero-order chi connectivity index (χ0) is 26.6. The summed E-state index contributed by atoms with van der Waals surface area (Å²) in [5.41, 5.74) is 5.71. The maximum atomic E-state index is 13.9. The van der Waals surface area contributed by atoms with Crippen LogP contribution in [0.5, 0.6) is 0 Å². The van der Waals surface area contributed by atoms with Crippen molar-refractivity contribution in [2.24, 2.45) is 0 Å². The van der Waals surface area contributed by atoms with Gasteiger partial charge in [-0.25, -0.2) is 4.98 Å². The number of anilines is 1. The van der Waals surface area contributed by atoms with Crippen LogP contribution in [0.1, 0.15) is 37.5 Å². The van der Waals surface area contributed by atoms with Crippen molar-refractivity contribution < 1.29 is 4.79 Å². The van der Waals surface area contributed by atoms with Gasteiger partial charge in [-0.2, -0.15) is 0 Å². The molecule has 0 atom stereocenters. The Morgan fingerprint density at radius 1 is 0.974 bits per heavy atom. The van der Waals surface area contributed by atoms with E-state index in [0.717, 1.165) is 27.9 Å². The van der Waals surface area contributed by atoms with Crippen molar-refractivity contribution in [2.75, 3.05) is 5.32 Å². The van der Waals surface area contributed by atoms with E-state index in [4.69, 9.17) is 4.98 Å². The summed E-state index contributed by atoms with van der Waals surface area (Å²) in [4.78, 5) is 37.2. The summed E-state index contributed by atoms with van der Waals surface area (Å²) >= 11 is 2.80. The lowest BCUT2D eigenvalue weighted by Gasteiger charge is -2.12. The molecule has 0 aliphatic rings. The summed E-state index contributed by atoms with van der Waals surface area (Å²) in [7, 11) is 0. The topological polar surface area (TPSA) is 76.9 Å². The molecule has 0 bridgehead atoms. The number of nitrogens with zero attached hydrogens (tertiary/aromatic N) is 3. The van der Waals surface area contributed by atoms with E-state index < -0.39 is 0 Å². The van der Waals surface area contributed by atoms with Crippen LogP contribution in [-0.4, -0.2) is 20.4 Å². The molecule has 192 valence electrons. The molecule has 1 N–H and O–H groups in total. The third-order valence-corrected chi connectivity index (χ3v) is 8.52. The summed E-state index contributed by atoms with van der Waals surface area (Å²) in [5.74, 6) is 0.438. The van der Waals surface area contributed by atoms with E-state index in [0.29, 0.717) is 44.5 Å². The Morgan fingerprint density at radius 3 is 2.39 bits per heavy atom. The van der Waals surface area contributed by atoms with Crippen LogP contribution in [0, 0.1) is 20.8 Å². The third-order valence-electron chi connectivity index (χ3n) is 6.29. The molecule has 0 radical (unpaired) electrons. The molecule has 0 unspecified atom stereocenters. The van der Waals surface area contributed by atoms with Gasteiger partial charge >= 0.3 is 0 Å². The van der Waals surface area contributed by atoms with Crippen LogP contribution < -0.4 is 10.9 Å². The first-order valence-corrected chi connectivity index (χ1v) is 14.2. The van der Waals surface area contributed by atoms with Crippen LogP contribution in [0.3, 0.4) is 0 Å². The van der Waals surface area contributed by atoms with Gasteiger partial charge < -0.3 is 5.32 Å². The SMILES string of the molecule is Cc1cc(C)cc(NC(=O)c2sc3nc(SCc4ccncc4)n(CCc4ccccc4)c(=O)c3c2C)c1. The number of aromatic nitrogens is 3. The first-order chi connectivity index (χ1) is 18.4. The number of carbonyl (C=O) groups excluding carboxylic acids is 1. The fourth-order valence-electron chi connectivity index (χ4n) is 4.47. The molecule has 0 aliphatic heterocycles. The molecular weight excluding hydrogens is 512 g/mol. The summed E-state index contributed by atoms with van der Waals surface area (Å²) in [6, 6.07) is 20.0. The lowest BCUT2D eigenvalue weighted by Crippen LogP contribution is -2.24. The number of benzene rings is 2. The van der Waals surface area contributed by atoms with Crippen LogP contribution in [0.25, 0.3) is 10.2 Å². The van der Waals surface area contributed by atoms with Crippen molar-refractivity contribution in [3.8, 4) is 0 Å². The van der Waals surface area contributed by atoms with Gasteiger partial charge in [-0.15, -0.1) is 11.3 Å². The fraction of sp³-hybridized carbons (Fsp3) is 0.200. The molecule has 0 saturated heterocycles. The van der Waals surface area contributed by atoms with Gasteiger partial charge in [0.15, 0.2) is 5.16 Å². The Morgan fingerprint density at radius 2 is 1.68 bits per heavy atom. The minimum Gasteiger partial charge on any atom is -0.321 e. The van der Waals surface area contributed by atoms with Gasteiger partial charge in [-0.1, -0.05) is 48.2 Å². The quantitative estimate of drug-likeness (QED) is 0.178. The van der Waals surface area contributed by atoms with Crippen LogP contribution in [0.4, 0.5) is 5.69 Å². The first kappa shape index (κ1) is 25.9. The van der Waals surface area contributed by atoms with Gasteiger partial charge in [0.2, 0.25) is 0 Å². The van der Waals surface area contributed by atoms with Crippen molar-refractivity contribution in [1.29, 1.82) is 0 Å². The molecule has 0 saturated carbocycles. The number of thioether (sulfide) groups is 1. The number of hydrogen-bond acceptors (Lipinski definition) is 6. The van der Waals surface area contributed by atoms with Gasteiger partial charge in [-0.05, 0) is 79.3 Å². The molecule has 6 nitrogen and oxygen atoms in total. The van der Waals surface area contributed by atoms with Gasteiger partial charge in [-0.3, -0.25) is 19.1 Å². The van der Waals surface area contributed by atoms with Crippen LogP contribution in [-0.2, 0) is 18.7 Å². The first-order valence-electron chi connectivity index (χ1n) is 12.4. The number of rotatable bonds is 8. The Kier molecular flexibility index (Phi) is 7.72. The molecule has 5 rings (SSSR count). The highest BCUT2D eigenvalue weighted by atomic mass is 32.2. The van der Waals surface area contributed by atoms with Gasteiger partial charge in [0.1, 0.15) is 4.83 Å². The Balaban J connectivity index is 1.52. The number of thiophene rings is 1. The lowest BCUT2D eigenvalue weighted by molar-refractivity contribution is 0.103. The molecule has 0 spiro atoms. The third kappa shape index (κ3) is 5.71. The second-order valence-corrected chi connectivity index (χ2v) is 11.2. The normalized spacial score (nSPS) is 11.1. The number of amides is 1. The number of hydrogen-bond donors (Lipinski definition) is 1. The summed E-state index contributed by atoms with van der Waals surface area (Å²) in [6.07, 6.45) is 4.23. The summed E-state index contributed by atoms with van der Waals surface area (Å²) < 4.78 is 1.76. The predicted octanol–water partition coefficient (Wildman–Crippen LogP) is 6.57. The average Bonchev–Trinajstić information content (AvgIpc) is 3.24. The van der Waals surface area contributed by atoms with Crippen molar-refractivity contribution in [2.45, 2.75) is 44.6 Å². The van der Waals surface area contributed by atoms with E-state index in [9.17, 15) is 9.59 Å². The van der Waals surface area contributed by atoms with Crippen molar-refractivity contribution in [3.63, 3.8) is 0 Å². The summed E-state index contributed by atoms with van der Waals surface area (Å²) in [6.45, 7) is 6.34. The zero-order valence-corrected chi connectivity index (χ0v) is 23.2. The van der Waals surface area contributed by atoms with Crippen molar-refractivity contribution in [1.82, 2.24) is 14.5 Å². The van der Waals surface area contributed by atoms with Crippen LogP contribution in [0.15, 0.2) is 83.0 Å². The second kappa shape index (κ2) is 11.3. The lowest BCUT2D eigenvalue weighted by atomic mass is 10.1. The molecule has 0 fully saturated rings. The van der Waals surface area contributed by atoms with E-state index in [1.54, 1.807) is 17.0 Å². The van der Waals surface area contributed by atoms with Gasteiger partial charge in [0.25, 0.3) is 11.5 Å². The number of nitrogens with one attached hydrogen (secondary N) is 1. The molecule has 38 heavy (non-hydrogen) atoms. The van der Waals surface area contributed by atoms with Gasteiger partial charge in [0, 0.05) is 30.4 Å². The molecule has 8 heteroatoms.